The Hall–Kier alpha value is -3.02. The maximum Gasteiger partial charge on any atom is 0.254 e. The van der Waals surface area contributed by atoms with Crippen molar-refractivity contribution in [2.75, 3.05) is 70.3 Å². The molecule has 3 aliphatic heterocycles. The van der Waals surface area contributed by atoms with Crippen LogP contribution in [0, 0.1) is 5.82 Å². The van der Waals surface area contributed by atoms with Crippen LogP contribution in [-0.4, -0.2) is 99.1 Å². The molecule has 240 valence electrons. The monoisotopic (exact) mass is 635 g/mol. The van der Waals surface area contributed by atoms with Crippen molar-refractivity contribution in [3.8, 4) is 5.75 Å². The van der Waals surface area contributed by atoms with Gasteiger partial charge in [-0.25, -0.2) is 13.2 Å². The van der Waals surface area contributed by atoms with Gasteiger partial charge in [-0.05, 0) is 73.7 Å². The maximum atomic E-state index is 14.5. The van der Waals surface area contributed by atoms with Gasteiger partial charge in [-0.2, -0.15) is 0 Å². The number of nitrogens with one attached hydrogen (secondary N) is 2. The molecule has 2 amide bonds. The fourth-order valence-electron chi connectivity index (χ4n) is 6.65. The minimum Gasteiger partial charge on any atom is -0.489 e. The maximum absolute atomic E-state index is 14.5. The summed E-state index contributed by atoms with van der Waals surface area (Å²) in [7, 11) is 0. The van der Waals surface area contributed by atoms with Crippen LogP contribution < -0.4 is 20.3 Å². The molecule has 0 aromatic heterocycles. The number of carbonyl (C=O) groups excluding carboxylic acids is 2. The van der Waals surface area contributed by atoms with Crippen LogP contribution in [0.25, 0.3) is 0 Å². The summed E-state index contributed by atoms with van der Waals surface area (Å²) in [6, 6.07) is 9.89. The summed E-state index contributed by atoms with van der Waals surface area (Å²) in [4.78, 5) is 32.4. The van der Waals surface area contributed by atoms with Crippen molar-refractivity contribution in [3.05, 3.63) is 58.9 Å². The normalized spacial score (nSPS) is 22.4. The first kappa shape index (κ1) is 32.4. The molecule has 8 nitrogen and oxygen atoms in total. The van der Waals surface area contributed by atoms with Gasteiger partial charge in [0, 0.05) is 88.6 Å². The third-order valence-electron chi connectivity index (χ3n) is 9.19. The lowest BCUT2D eigenvalue weighted by Crippen LogP contribution is -2.50. The number of benzene rings is 2. The van der Waals surface area contributed by atoms with E-state index >= 15 is 0 Å². The fraction of sp³-hybridized carbons (Fsp3) is 0.562. The molecule has 0 radical (unpaired) electrons. The molecule has 44 heavy (non-hydrogen) atoms. The molecule has 2 aromatic rings. The first-order valence-electron chi connectivity index (χ1n) is 15.5. The zero-order valence-corrected chi connectivity index (χ0v) is 25.7. The summed E-state index contributed by atoms with van der Waals surface area (Å²) in [5.74, 6) is -2.91. The van der Waals surface area contributed by atoms with Gasteiger partial charge in [-0.15, -0.1) is 12.4 Å². The number of hydrogen-bond acceptors (Lipinski definition) is 6. The summed E-state index contributed by atoms with van der Waals surface area (Å²) in [5, 5.41) is 6.56. The molecule has 0 spiro atoms. The van der Waals surface area contributed by atoms with Crippen LogP contribution in [0.4, 0.5) is 18.9 Å². The first-order chi connectivity index (χ1) is 20.8. The standard InChI is InChI=1S/C32H40F3N5O3.ClH/c33-25-17-24(18-26(20-25)38-11-9-36-10-12-38)31(42)40-15-13-39(14-16-40)30(41)23-1-2-29(43-27-5-8-37-21-27)28(19-23)22-3-6-32(34,35)7-4-22;/h1-2,17-20,22,27,36-37H,3-16,21H2;1H/t27-;/m0./s1. The van der Waals surface area contributed by atoms with Crippen LogP contribution in [0.2, 0.25) is 0 Å². The van der Waals surface area contributed by atoms with Crippen molar-refractivity contribution in [2.45, 2.75) is 50.0 Å². The van der Waals surface area contributed by atoms with E-state index in [1.807, 2.05) is 12.1 Å². The number of piperazine rings is 2. The second kappa shape index (κ2) is 14.0. The van der Waals surface area contributed by atoms with Crippen LogP contribution in [0.1, 0.15) is 64.3 Å². The molecule has 0 unspecified atom stereocenters. The summed E-state index contributed by atoms with van der Waals surface area (Å²) < 4.78 is 48.7. The minimum absolute atomic E-state index is 0. The van der Waals surface area contributed by atoms with Gasteiger partial charge in [0.2, 0.25) is 5.92 Å². The Kier molecular flexibility index (Phi) is 10.3. The van der Waals surface area contributed by atoms with Gasteiger partial charge in [-0.1, -0.05) is 0 Å². The highest BCUT2D eigenvalue weighted by molar-refractivity contribution is 5.96. The van der Waals surface area contributed by atoms with Gasteiger partial charge in [0.25, 0.3) is 11.8 Å². The highest BCUT2D eigenvalue weighted by atomic mass is 35.5. The lowest BCUT2D eigenvalue weighted by molar-refractivity contribution is -0.0384. The lowest BCUT2D eigenvalue weighted by atomic mass is 9.81. The Labute approximate surface area is 262 Å². The van der Waals surface area contributed by atoms with Gasteiger partial charge in [-0.3, -0.25) is 9.59 Å². The third kappa shape index (κ3) is 7.43. The van der Waals surface area contributed by atoms with Crippen molar-refractivity contribution < 1.29 is 27.5 Å². The Morgan fingerprint density at radius 3 is 2.09 bits per heavy atom. The number of hydrogen-bond donors (Lipinski definition) is 2. The molecular formula is C32H41ClF3N5O3. The predicted octanol–water partition coefficient (Wildman–Crippen LogP) is 4.29. The van der Waals surface area contributed by atoms with Gasteiger partial charge in [0.05, 0.1) is 0 Å². The topological polar surface area (TPSA) is 77.2 Å². The summed E-state index contributed by atoms with van der Waals surface area (Å²) in [6.45, 7) is 6.09. The third-order valence-corrected chi connectivity index (χ3v) is 9.19. The number of rotatable bonds is 6. The highest BCUT2D eigenvalue weighted by Gasteiger charge is 2.37. The van der Waals surface area contributed by atoms with Crippen molar-refractivity contribution >= 4 is 29.9 Å². The number of anilines is 1. The molecule has 0 bridgehead atoms. The van der Waals surface area contributed by atoms with Crippen molar-refractivity contribution in [3.63, 3.8) is 0 Å². The number of ether oxygens (including phenoxy) is 1. The molecule has 2 N–H and O–H groups in total. The molecule has 6 rings (SSSR count). The number of amides is 2. The molecule has 3 saturated heterocycles. The van der Waals surface area contributed by atoms with Crippen molar-refractivity contribution in [2.24, 2.45) is 0 Å². The van der Waals surface area contributed by atoms with Crippen LogP contribution in [-0.2, 0) is 0 Å². The van der Waals surface area contributed by atoms with Gasteiger partial charge in [0.1, 0.15) is 17.7 Å². The largest absolute Gasteiger partial charge is 0.489 e. The molecule has 4 aliphatic rings. The molecule has 12 heteroatoms. The minimum atomic E-state index is -2.64. The van der Waals surface area contributed by atoms with Gasteiger partial charge < -0.3 is 30.1 Å². The van der Waals surface area contributed by atoms with E-state index in [-0.39, 0.29) is 49.1 Å². The summed E-state index contributed by atoms with van der Waals surface area (Å²) in [5.41, 5.74) is 2.33. The summed E-state index contributed by atoms with van der Waals surface area (Å²) in [6.07, 6.45) is 1.25. The Morgan fingerprint density at radius 1 is 0.795 bits per heavy atom. The van der Waals surface area contributed by atoms with Crippen LogP contribution in [0.3, 0.4) is 0 Å². The lowest BCUT2D eigenvalue weighted by Gasteiger charge is -2.35. The zero-order chi connectivity index (χ0) is 30.0. The zero-order valence-electron chi connectivity index (χ0n) is 24.8. The van der Waals surface area contributed by atoms with Gasteiger partial charge in [0.15, 0.2) is 0 Å². The van der Waals surface area contributed by atoms with Crippen LogP contribution in [0.5, 0.6) is 5.75 Å². The average Bonchev–Trinajstić information content (AvgIpc) is 3.54. The number of nitrogens with zero attached hydrogens (tertiary/aromatic N) is 3. The number of halogens is 4. The van der Waals surface area contributed by atoms with E-state index in [1.165, 1.54) is 12.1 Å². The first-order valence-corrected chi connectivity index (χ1v) is 15.5. The molecule has 3 heterocycles. The highest BCUT2D eigenvalue weighted by Crippen LogP contribution is 2.44. The molecule has 2 aromatic carbocycles. The van der Waals surface area contributed by atoms with E-state index in [0.717, 1.165) is 51.3 Å². The van der Waals surface area contributed by atoms with Crippen LogP contribution >= 0.6 is 12.4 Å². The quantitative estimate of drug-likeness (QED) is 0.494. The van der Waals surface area contributed by atoms with Crippen molar-refractivity contribution in [1.29, 1.82) is 0 Å². The molecule has 1 saturated carbocycles. The Morgan fingerprint density at radius 2 is 1.45 bits per heavy atom. The molecule has 4 fully saturated rings. The fourth-order valence-corrected chi connectivity index (χ4v) is 6.65. The molecular weight excluding hydrogens is 595 g/mol. The molecule has 1 atom stereocenters. The van der Waals surface area contributed by atoms with E-state index in [4.69, 9.17) is 4.74 Å². The number of carbonyl (C=O) groups is 2. The second-order valence-electron chi connectivity index (χ2n) is 12.1. The average molecular weight is 636 g/mol. The smallest absolute Gasteiger partial charge is 0.254 e. The van der Waals surface area contributed by atoms with Gasteiger partial charge >= 0.3 is 0 Å². The van der Waals surface area contributed by atoms with E-state index in [0.29, 0.717) is 61.6 Å². The van der Waals surface area contributed by atoms with Crippen LogP contribution in [0.15, 0.2) is 36.4 Å². The Bertz CT molecular complexity index is 1320. The molecule has 1 aliphatic carbocycles. The summed E-state index contributed by atoms with van der Waals surface area (Å²) >= 11 is 0. The van der Waals surface area contributed by atoms with E-state index in [2.05, 4.69) is 15.5 Å². The SMILES string of the molecule is Cl.O=C(c1cc(F)cc(N2CCNCC2)c1)N1CCN(C(=O)c2ccc(O[C@H]3CCNC3)c(C3CCC(F)(F)CC3)c2)CC1. The number of alkyl halides is 2. The van der Waals surface area contributed by atoms with E-state index < -0.39 is 11.7 Å². The second-order valence-corrected chi connectivity index (χ2v) is 12.1. The predicted molar refractivity (Wildman–Crippen MR) is 165 cm³/mol. The van der Waals surface area contributed by atoms with E-state index in [9.17, 15) is 22.8 Å². The van der Waals surface area contributed by atoms with E-state index in [1.54, 1.807) is 21.9 Å². The van der Waals surface area contributed by atoms with Crippen molar-refractivity contribution in [1.82, 2.24) is 20.4 Å². The Balaban J connectivity index is 0.00000384.